The normalized spacial score (nSPS) is 25.6. The molecule has 108 valence electrons. The second-order valence-corrected chi connectivity index (χ2v) is 5.84. The standard InChI is InChI=1S/C16H22N2O2/c17-16(8-11-20-12-9-16)15(19)18-10-4-7-14(18)13-5-2-1-3-6-13/h1-3,5-6,14H,4,7-12,17H2. The molecule has 0 aliphatic carbocycles. The summed E-state index contributed by atoms with van der Waals surface area (Å²) in [6.45, 7) is 2.00. The minimum absolute atomic E-state index is 0.104. The average Bonchev–Trinajstić information content (AvgIpc) is 2.97. The quantitative estimate of drug-likeness (QED) is 0.895. The van der Waals surface area contributed by atoms with Crippen LogP contribution in [0.1, 0.15) is 37.3 Å². The lowest BCUT2D eigenvalue weighted by Crippen LogP contribution is -2.57. The van der Waals surface area contributed by atoms with E-state index in [9.17, 15) is 4.79 Å². The summed E-state index contributed by atoms with van der Waals surface area (Å²) >= 11 is 0. The maximum atomic E-state index is 12.9. The average molecular weight is 274 g/mol. The first-order valence-electron chi connectivity index (χ1n) is 7.43. The molecule has 1 aromatic carbocycles. The molecule has 0 aromatic heterocycles. The van der Waals surface area contributed by atoms with E-state index in [2.05, 4.69) is 12.1 Å². The van der Waals surface area contributed by atoms with Crippen LogP contribution < -0.4 is 5.73 Å². The van der Waals surface area contributed by atoms with Gasteiger partial charge in [-0.05, 0) is 31.2 Å². The van der Waals surface area contributed by atoms with Gasteiger partial charge < -0.3 is 15.4 Å². The van der Waals surface area contributed by atoms with Gasteiger partial charge in [0.25, 0.3) is 0 Å². The molecule has 0 radical (unpaired) electrons. The minimum Gasteiger partial charge on any atom is -0.381 e. The molecule has 0 saturated carbocycles. The SMILES string of the molecule is NC1(C(=O)N2CCCC2c2ccccc2)CCOCC1. The van der Waals surface area contributed by atoms with Gasteiger partial charge in [0.1, 0.15) is 0 Å². The Balaban J connectivity index is 1.80. The van der Waals surface area contributed by atoms with Gasteiger partial charge in [0.05, 0.1) is 11.6 Å². The number of benzene rings is 1. The van der Waals surface area contributed by atoms with Crippen LogP contribution in [0.5, 0.6) is 0 Å². The number of carbonyl (C=O) groups excluding carboxylic acids is 1. The Morgan fingerprint density at radius 3 is 2.65 bits per heavy atom. The summed E-state index contributed by atoms with van der Waals surface area (Å²) in [5, 5.41) is 0. The van der Waals surface area contributed by atoms with E-state index in [1.54, 1.807) is 0 Å². The van der Waals surface area contributed by atoms with Crippen LogP contribution in [0.3, 0.4) is 0 Å². The predicted octanol–water partition coefficient (Wildman–Crippen LogP) is 1.86. The Bertz CT molecular complexity index is 469. The van der Waals surface area contributed by atoms with E-state index in [0.29, 0.717) is 26.1 Å². The third-order valence-corrected chi connectivity index (χ3v) is 4.51. The van der Waals surface area contributed by atoms with Gasteiger partial charge in [-0.2, -0.15) is 0 Å². The van der Waals surface area contributed by atoms with Crippen LogP contribution in [0.15, 0.2) is 30.3 Å². The molecule has 2 heterocycles. The highest BCUT2D eigenvalue weighted by atomic mass is 16.5. The first-order valence-corrected chi connectivity index (χ1v) is 7.43. The molecule has 2 saturated heterocycles. The molecular weight excluding hydrogens is 252 g/mol. The van der Waals surface area contributed by atoms with Crippen molar-refractivity contribution in [3.05, 3.63) is 35.9 Å². The molecule has 3 rings (SSSR count). The molecule has 4 nitrogen and oxygen atoms in total. The first-order chi connectivity index (χ1) is 9.71. The summed E-state index contributed by atoms with van der Waals surface area (Å²) in [5.74, 6) is 0.104. The molecule has 20 heavy (non-hydrogen) atoms. The van der Waals surface area contributed by atoms with Crippen molar-refractivity contribution < 1.29 is 9.53 Å². The van der Waals surface area contributed by atoms with Crippen LogP contribution in [0.2, 0.25) is 0 Å². The van der Waals surface area contributed by atoms with Gasteiger partial charge in [0.2, 0.25) is 5.91 Å². The number of likely N-dealkylation sites (tertiary alicyclic amines) is 1. The second kappa shape index (κ2) is 5.54. The Hall–Kier alpha value is -1.39. The van der Waals surface area contributed by atoms with Gasteiger partial charge in [-0.15, -0.1) is 0 Å². The molecular formula is C16H22N2O2. The van der Waals surface area contributed by atoms with Crippen molar-refractivity contribution in [1.29, 1.82) is 0 Å². The summed E-state index contributed by atoms with van der Waals surface area (Å²) in [4.78, 5) is 14.8. The molecule has 2 N–H and O–H groups in total. The van der Waals surface area contributed by atoms with Crippen LogP contribution >= 0.6 is 0 Å². The van der Waals surface area contributed by atoms with E-state index in [0.717, 1.165) is 19.4 Å². The van der Waals surface area contributed by atoms with Crippen LogP contribution in [-0.4, -0.2) is 36.1 Å². The highest BCUT2D eigenvalue weighted by Crippen LogP contribution is 2.34. The molecule has 2 aliphatic heterocycles. The van der Waals surface area contributed by atoms with E-state index < -0.39 is 5.54 Å². The van der Waals surface area contributed by atoms with Crippen molar-refractivity contribution in [2.45, 2.75) is 37.3 Å². The van der Waals surface area contributed by atoms with E-state index in [-0.39, 0.29) is 11.9 Å². The largest absolute Gasteiger partial charge is 0.381 e. The topological polar surface area (TPSA) is 55.6 Å². The highest BCUT2D eigenvalue weighted by Gasteiger charge is 2.42. The maximum absolute atomic E-state index is 12.9. The summed E-state index contributed by atoms with van der Waals surface area (Å²) in [6, 6.07) is 10.5. The fourth-order valence-corrected chi connectivity index (χ4v) is 3.27. The Morgan fingerprint density at radius 1 is 1.25 bits per heavy atom. The van der Waals surface area contributed by atoms with Crippen molar-refractivity contribution in [3.63, 3.8) is 0 Å². The third kappa shape index (κ3) is 2.45. The number of hydrogen-bond donors (Lipinski definition) is 1. The number of nitrogens with two attached hydrogens (primary N) is 1. The Morgan fingerprint density at radius 2 is 1.95 bits per heavy atom. The number of hydrogen-bond acceptors (Lipinski definition) is 3. The Labute approximate surface area is 119 Å². The highest BCUT2D eigenvalue weighted by molar-refractivity contribution is 5.87. The molecule has 2 aliphatic rings. The van der Waals surface area contributed by atoms with Gasteiger partial charge in [-0.3, -0.25) is 4.79 Å². The van der Waals surface area contributed by atoms with Crippen LogP contribution in [0.4, 0.5) is 0 Å². The van der Waals surface area contributed by atoms with Gasteiger partial charge in [-0.25, -0.2) is 0 Å². The summed E-state index contributed by atoms with van der Waals surface area (Å²) in [6.07, 6.45) is 3.34. The van der Waals surface area contributed by atoms with Crippen molar-refractivity contribution in [2.75, 3.05) is 19.8 Å². The van der Waals surface area contributed by atoms with Crippen molar-refractivity contribution in [2.24, 2.45) is 5.73 Å². The molecule has 0 spiro atoms. The van der Waals surface area contributed by atoms with Gasteiger partial charge >= 0.3 is 0 Å². The lowest BCUT2D eigenvalue weighted by atomic mass is 9.89. The maximum Gasteiger partial charge on any atom is 0.243 e. The molecule has 1 amide bonds. The number of amides is 1. The number of rotatable bonds is 2. The molecule has 1 atom stereocenters. The van der Waals surface area contributed by atoms with Gasteiger partial charge in [0, 0.05) is 19.8 Å². The fraction of sp³-hybridized carbons (Fsp3) is 0.562. The van der Waals surface area contributed by atoms with E-state index in [1.807, 2.05) is 23.1 Å². The van der Waals surface area contributed by atoms with E-state index in [4.69, 9.17) is 10.5 Å². The zero-order valence-corrected chi connectivity index (χ0v) is 11.8. The third-order valence-electron chi connectivity index (χ3n) is 4.51. The minimum atomic E-state index is -0.727. The van der Waals surface area contributed by atoms with Crippen molar-refractivity contribution in [1.82, 2.24) is 4.90 Å². The van der Waals surface area contributed by atoms with Crippen molar-refractivity contribution >= 4 is 5.91 Å². The van der Waals surface area contributed by atoms with Gasteiger partial charge in [-0.1, -0.05) is 30.3 Å². The number of carbonyl (C=O) groups is 1. The van der Waals surface area contributed by atoms with Crippen LogP contribution in [0, 0.1) is 0 Å². The zero-order chi connectivity index (χ0) is 14.0. The van der Waals surface area contributed by atoms with Crippen LogP contribution in [0.25, 0.3) is 0 Å². The van der Waals surface area contributed by atoms with Gasteiger partial charge in [0.15, 0.2) is 0 Å². The lowest BCUT2D eigenvalue weighted by molar-refractivity contribution is -0.141. The number of nitrogens with zero attached hydrogens (tertiary/aromatic N) is 1. The summed E-state index contributed by atoms with van der Waals surface area (Å²) < 4.78 is 5.34. The smallest absolute Gasteiger partial charge is 0.243 e. The summed E-state index contributed by atoms with van der Waals surface area (Å²) in [7, 11) is 0. The Kier molecular flexibility index (Phi) is 3.76. The van der Waals surface area contributed by atoms with E-state index in [1.165, 1.54) is 5.56 Å². The molecule has 2 fully saturated rings. The molecule has 4 heteroatoms. The van der Waals surface area contributed by atoms with E-state index >= 15 is 0 Å². The number of ether oxygens (including phenoxy) is 1. The first kappa shape index (κ1) is 13.6. The fourth-order valence-electron chi connectivity index (χ4n) is 3.27. The molecule has 1 unspecified atom stereocenters. The summed E-state index contributed by atoms with van der Waals surface area (Å²) in [5.41, 5.74) is 6.84. The zero-order valence-electron chi connectivity index (χ0n) is 11.8. The molecule has 0 bridgehead atoms. The second-order valence-electron chi connectivity index (χ2n) is 5.84. The molecule has 1 aromatic rings. The monoisotopic (exact) mass is 274 g/mol. The predicted molar refractivity (Wildman–Crippen MR) is 77.1 cm³/mol. The van der Waals surface area contributed by atoms with Crippen LogP contribution in [-0.2, 0) is 9.53 Å². The van der Waals surface area contributed by atoms with Crippen molar-refractivity contribution in [3.8, 4) is 0 Å². The lowest BCUT2D eigenvalue weighted by Gasteiger charge is -2.37.